The number of aliphatic hydroxyl groups excluding tert-OH is 1. The van der Waals surface area contributed by atoms with Crippen LogP contribution in [-0.4, -0.2) is 26.7 Å². The molecule has 21 heavy (non-hydrogen) atoms. The summed E-state index contributed by atoms with van der Waals surface area (Å²) in [5.74, 6) is 0. The van der Waals surface area contributed by atoms with E-state index in [9.17, 15) is 20.0 Å². The number of nitrogens with zero attached hydrogens (tertiary/aromatic N) is 2. The second-order valence-electron chi connectivity index (χ2n) is 5.38. The topological polar surface area (TPSA) is 97.4 Å². The molecule has 3 rings (SSSR count). The highest BCUT2D eigenvalue weighted by Crippen LogP contribution is 2.29. The predicted molar refractivity (Wildman–Crippen MR) is 78.5 cm³/mol. The Morgan fingerprint density at radius 2 is 2.10 bits per heavy atom. The van der Waals surface area contributed by atoms with Crippen molar-refractivity contribution in [2.45, 2.75) is 25.0 Å². The van der Waals surface area contributed by atoms with Gasteiger partial charge in [0, 0.05) is 42.4 Å². The Bertz CT molecular complexity index is 778. The van der Waals surface area contributed by atoms with Crippen molar-refractivity contribution in [2.24, 2.45) is 7.05 Å². The number of nitrogens with one attached hydrogen (secondary N) is 1. The number of rotatable bonds is 3. The van der Waals surface area contributed by atoms with E-state index >= 15 is 0 Å². The Labute approximate surface area is 120 Å². The lowest BCUT2D eigenvalue weighted by Gasteiger charge is -2.33. The lowest BCUT2D eigenvalue weighted by atomic mass is 9.89. The molecule has 1 aliphatic rings. The number of aromatic nitrogens is 1. The molecular weight excluding hydrogens is 274 g/mol. The van der Waals surface area contributed by atoms with Gasteiger partial charge in [-0.15, -0.1) is 0 Å². The fraction of sp³-hybridized carbons (Fsp3) is 0.357. The smallest absolute Gasteiger partial charge is 0.270 e. The number of aryl methyl sites for hydroxylation is 1. The third-order valence-electron chi connectivity index (χ3n) is 3.91. The number of hydrogen-bond acceptors (Lipinski definition) is 5. The predicted octanol–water partition coefficient (Wildman–Crippen LogP) is 1.38. The molecule has 2 aromatic rings. The molecule has 0 radical (unpaired) electrons. The maximum atomic E-state index is 12.0. The minimum Gasteiger partial charge on any atom is -0.393 e. The first kappa shape index (κ1) is 13.6. The zero-order valence-corrected chi connectivity index (χ0v) is 11.4. The molecule has 110 valence electrons. The summed E-state index contributed by atoms with van der Waals surface area (Å²) in [6.07, 6.45) is 0.923. The fourth-order valence-corrected chi connectivity index (χ4v) is 2.61. The van der Waals surface area contributed by atoms with Crippen LogP contribution in [0.25, 0.3) is 10.9 Å². The SMILES string of the molecule is Cn1c(=O)cc(NC2CC(O)C2)c2cc([N+](=O)[O-])ccc21. The molecule has 0 unspecified atom stereocenters. The molecule has 0 saturated heterocycles. The van der Waals surface area contributed by atoms with Crippen LogP contribution in [0.5, 0.6) is 0 Å². The largest absolute Gasteiger partial charge is 0.393 e. The number of anilines is 1. The molecule has 2 N–H and O–H groups in total. The van der Waals surface area contributed by atoms with E-state index in [2.05, 4.69) is 5.32 Å². The molecule has 7 nitrogen and oxygen atoms in total. The molecule has 1 aliphatic carbocycles. The van der Waals surface area contributed by atoms with Crippen molar-refractivity contribution in [1.29, 1.82) is 0 Å². The second-order valence-corrected chi connectivity index (χ2v) is 5.38. The quantitative estimate of drug-likeness (QED) is 0.657. The third kappa shape index (κ3) is 2.36. The normalized spacial score (nSPS) is 21.0. The van der Waals surface area contributed by atoms with E-state index < -0.39 is 4.92 Å². The number of fused-ring (bicyclic) bond motifs is 1. The van der Waals surface area contributed by atoms with Gasteiger partial charge in [-0.3, -0.25) is 14.9 Å². The van der Waals surface area contributed by atoms with Crippen molar-refractivity contribution < 1.29 is 10.0 Å². The van der Waals surface area contributed by atoms with Crippen LogP contribution < -0.4 is 10.9 Å². The maximum Gasteiger partial charge on any atom is 0.270 e. The van der Waals surface area contributed by atoms with Crippen molar-refractivity contribution in [3.63, 3.8) is 0 Å². The van der Waals surface area contributed by atoms with Gasteiger partial charge >= 0.3 is 0 Å². The van der Waals surface area contributed by atoms with Gasteiger partial charge in [0.05, 0.1) is 16.5 Å². The standard InChI is InChI=1S/C14H15N3O4/c1-16-13-3-2-9(17(20)21)6-11(13)12(7-14(16)19)15-8-4-10(18)5-8/h2-3,6-8,10,15,18H,4-5H2,1H3. The minimum absolute atomic E-state index is 0.0159. The van der Waals surface area contributed by atoms with E-state index in [0.29, 0.717) is 29.4 Å². The molecule has 1 aromatic heterocycles. The van der Waals surface area contributed by atoms with Gasteiger partial charge in [-0.05, 0) is 18.9 Å². The Hall–Kier alpha value is -2.41. The van der Waals surface area contributed by atoms with E-state index in [1.165, 1.54) is 22.8 Å². The van der Waals surface area contributed by atoms with Crippen molar-refractivity contribution in [1.82, 2.24) is 4.57 Å². The number of aliphatic hydroxyl groups is 1. The van der Waals surface area contributed by atoms with E-state index in [1.54, 1.807) is 13.1 Å². The summed E-state index contributed by atoms with van der Waals surface area (Å²) in [5, 5.41) is 24.1. The molecule has 0 amide bonds. The van der Waals surface area contributed by atoms with Gasteiger partial charge in [-0.2, -0.15) is 0 Å². The Morgan fingerprint density at radius 1 is 1.38 bits per heavy atom. The first-order chi connectivity index (χ1) is 9.95. The zero-order chi connectivity index (χ0) is 15.1. The molecule has 0 aliphatic heterocycles. The van der Waals surface area contributed by atoms with Crippen molar-refractivity contribution in [3.05, 3.63) is 44.7 Å². The van der Waals surface area contributed by atoms with Crippen LogP contribution in [0.15, 0.2) is 29.1 Å². The highest BCUT2D eigenvalue weighted by molar-refractivity contribution is 5.93. The molecule has 1 heterocycles. The number of hydrogen-bond donors (Lipinski definition) is 2. The highest BCUT2D eigenvalue weighted by Gasteiger charge is 2.27. The van der Waals surface area contributed by atoms with E-state index in [0.717, 1.165) is 0 Å². The van der Waals surface area contributed by atoms with Crippen LogP contribution in [0.3, 0.4) is 0 Å². The van der Waals surface area contributed by atoms with Crippen molar-refractivity contribution in [2.75, 3.05) is 5.32 Å². The second kappa shape index (κ2) is 4.85. The fourth-order valence-electron chi connectivity index (χ4n) is 2.61. The summed E-state index contributed by atoms with van der Waals surface area (Å²) in [6.45, 7) is 0. The molecule has 7 heteroatoms. The van der Waals surface area contributed by atoms with Crippen LogP contribution >= 0.6 is 0 Å². The lowest BCUT2D eigenvalue weighted by Crippen LogP contribution is -2.39. The third-order valence-corrected chi connectivity index (χ3v) is 3.91. The molecule has 0 spiro atoms. The van der Waals surface area contributed by atoms with Gasteiger partial charge in [0.25, 0.3) is 11.2 Å². The number of nitro groups is 1. The summed E-state index contributed by atoms with van der Waals surface area (Å²) in [6, 6.07) is 5.96. The van der Waals surface area contributed by atoms with E-state index in [-0.39, 0.29) is 23.4 Å². The number of pyridine rings is 1. The van der Waals surface area contributed by atoms with E-state index in [1.807, 2.05) is 0 Å². The molecule has 1 aromatic carbocycles. The Kier molecular flexibility index (Phi) is 3.13. The molecule has 1 fully saturated rings. The van der Waals surface area contributed by atoms with Gasteiger partial charge < -0.3 is 15.0 Å². The van der Waals surface area contributed by atoms with Crippen LogP contribution in [-0.2, 0) is 7.05 Å². The lowest BCUT2D eigenvalue weighted by molar-refractivity contribution is -0.384. The van der Waals surface area contributed by atoms with Gasteiger partial charge in [0.1, 0.15) is 0 Å². The van der Waals surface area contributed by atoms with Crippen LogP contribution in [0.1, 0.15) is 12.8 Å². The van der Waals surface area contributed by atoms with Crippen LogP contribution in [0, 0.1) is 10.1 Å². The average molecular weight is 289 g/mol. The number of benzene rings is 1. The molecular formula is C14H15N3O4. The number of nitro benzene ring substituents is 1. The first-order valence-electron chi connectivity index (χ1n) is 6.68. The van der Waals surface area contributed by atoms with Crippen LogP contribution in [0.2, 0.25) is 0 Å². The van der Waals surface area contributed by atoms with Gasteiger partial charge in [0.15, 0.2) is 0 Å². The molecule has 1 saturated carbocycles. The molecule has 0 bridgehead atoms. The summed E-state index contributed by atoms with van der Waals surface area (Å²) >= 11 is 0. The van der Waals surface area contributed by atoms with Crippen molar-refractivity contribution in [3.8, 4) is 0 Å². The minimum atomic E-state index is -0.457. The van der Waals surface area contributed by atoms with Gasteiger partial charge in [-0.25, -0.2) is 0 Å². The highest BCUT2D eigenvalue weighted by atomic mass is 16.6. The Morgan fingerprint density at radius 3 is 2.71 bits per heavy atom. The summed E-state index contributed by atoms with van der Waals surface area (Å²) in [4.78, 5) is 22.4. The van der Waals surface area contributed by atoms with Crippen molar-refractivity contribution >= 4 is 22.3 Å². The zero-order valence-electron chi connectivity index (χ0n) is 11.4. The Balaban J connectivity index is 2.12. The summed E-state index contributed by atoms with van der Waals surface area (Å²) in [7, 11) is 1.63. The summed E-state index contributed by atoms with van der Waals surface area (Å²) in [5.41, 5.74) is 1.01. The monoisotopic (exact) mass is 289 g/mol. The van der Waals surface area contributed by atoms with Gasteiger partial charge in [-0.1, -0.05) is 0 Å². The van der Waals surface area contributed by atoms with E-state index in [4.69, 9.17) is 0 Å². The first-order valence-corrected chi connectivity index (χ1v) is 6.68. The van der Waals surface area contributed by atoms with Gasteiger partial charge in [0.2, 0.25) is 0 Å². The summed E-state index contributed by atoms with van der Waals surface area (Å²) < 4.78 is 1.46. The molecule has 0 atom stereocenters. The van der Waals surface area contributed by atoms with Crippen LogP contribution in [0.4, 0.5) is 11.4 Å². The number of non-ortho nitro benzene ring substituents is 1. The maximum absolute atomic E-state index is 12.0. The average Bonchev–Trinajstić information content (AvgIpc) is 2.42.